The van der Waals surface area contributed by atoms with Crippen molar-refractivity contribution in [2.75, 3.05) is 121 Å². The van der Waals surface area contributed by atoms with E-state index in [1.807, 2.05) is 17.8 Å². The van der Waals surface area contributed by atoms with Gasteiger partial charge in [0.25, 0.3) is 5.91 Å². The lowest BCUT2D eigenvalue weighted by atomic mass is 10.0. The Bertz CT molecular complexity index is 2950. The molecule has 3 fully saturated rings. The van der Waals surface area contributed by atoms with Crippen molar-refractivity contribution in [3.05, 3.63) is 89.9 Å². The molecule has 3 saturated heterocycles. The van der Waals surface area contributed by atoms with Crippen molar-refractivity contribution in [1.82, 2.24) is 41.5 Å². The molecule has 4 aromatic rings. The molecule has 22 nitrogen and oxygen atoms in total. The molecule has 0 spiro atoms. The van der Waals surface area contributed by atoms with Gasteiger partial charge in [0.15, 0.2) is 11.6 Å². The van der Waals surface area contributed by atoms with Crippen molar-refractivity contribution in [3.63, 3.8) is 0 Å². The van der Waals surface area contributed by atoms with E-state index in [1.54, 1.807) is 52.6 Å². The normalized spacial score (nSPS) is 17.5. The fourth-order valence-corrected chi connectivity index (χ4v) is 12.4. The monoisotopic (exact) mass is 1190 g/mol. The highest BCUT2D eigenvalue weighted by Gasteiger charge is 2.41. The minimum atomic E-state index is -0.432. The Morgan fingerprint density at radius 1 is 0.798 bits per heavy atom. The van der Waals surface area contributed by atoms with Gasteiger partial charge in [0, 0.05) is 105 Å². The number of nitrogens with one attached hydrogen (secondary N) is 6. The third kappa shape index (κ3) is 19.5. The van der Waals surface area contributed by atoms with Crippen LogP contribution in [-0.2, 0) is 38.1 Å². The molecular formula is C60H78N10O12S2. The van der Waals surface area contributed by atoms with Gasteiger partial charge >= 0.3 is 6.03 Å². The number of morpholine rings is 1. The molecule has 24 heteroatoms. The molecule has 3 atom stereocenters. The van der Waals surface area contributed by atoms with Crippen LogP contribution in [-0.4, -0.2) is 184 Å². The maximum Gasteiger partial charge on any atom is 0.315 e. The Hall–Kier alpha value is -7.09. The van der Waals surface area contributed by atoms with Gasteiger partial charge in [0.1, 0.15) is 11.5 Å². The Balaban J connectivity index is 0.641. The molecule has 2 aromatic heterocycles. The van der Waals surface area contributed by atoms with Gasteiger partial charge in [-0.15, -0.1) is 23.1 Å². The van der Waals surface area contributed by atoms with Crippen molar-refractivity contribution >= 4 is 86.0 Å². The number of fused-ring (bicyclic) bond motifs is 2. The SMILES string of the molecule is C=CC(=O)Nc1ccc(C(=O)N2CC=C(c3cc4nc(-c5cccc(O)c5)nc(N5CCOCC5)c4s3)CC2)cc1OCCCNC(=O)CCCC(=O)NCCCOCCOCCOCCCNC(=O)CCCC=CC1SCC2NC(=O)NC21. The summed E-state index contributed by atoms with van der Waals surface area (Å²) in [5, 5.41) is 27.8. The fourth-order valence-electron chi connectivity index (χ4n) is 9.77. The summed E-state index contributed by atoms with van der Waals surface area (Å²) in [4.78, 5) is 89.8. The first-order chi connectivity index (χ1) is 41.0. The smallest absolute Gasteiger partial charge is 0.315 e. The van der Waals surface area contributed by atoms with E-state index in [4.69, 9.17) is 33.7 Å². The van der Waals surface area contributed by atoms with Crippen LogP contribution in [0.5, 0.6) is 11.5 Å². The predicted octanol–water partition coefficient (Wildman–Crippen LogP) is 5.96. The maximum absolute atomic E-state index is 13.9. The standard InChI is InChI=1S/C60H78N10O12S2/c1-2-51(72)64-45-18-17-43(59(76)70-24-19-41(20-25-70)50-39-46-56(84-50)58(69-26-31-80-32-27-69)68-57(65-46)42-11-6-12-44(71)37-42)38-48(45)82-30-10-23-63-54(75)16-7-15-53(74)62-22-9-29-79-34-36-81-35-33-78-28-8-21-61-52(73)14-5-3-4-13-49-55-47(40-83-49)66-60(77)67-55/h2,4,6,11-13,17-19,37-39,47,49,55,71H,1,3,5,7-10,14-16,20-36,40H2,(H,61,73)(H,62,74)(H,63,75)(H,64,72)(H2,66,67,77). The van der Waals surface area contributed by atoms with E-state index in [-0.39, 0.29) is 72.2 Å². The van der Waals surface area contributed by atoms with E-state index in [2.05, 4.69) is 67.7 Å². The quantitative estimate of drug-likeness (QED) is 0.0123. The topological polar surface area (TPSA) is 273 Å². The van der Waals surface area contributed by atoms with Crippen LogP contribution in [0.4, 0.5) is 16.3 Å². The summed E-state index contributed by atoms with van der Waals surface area (Å²) in [6.45, 7) is 11.3. The Morgan fingerprint density at radius 3 is 2.17 bits per heavy atom. The average molecular weight is 1200 g/mol. The number of hydrogen-bond donors (Lipinski definition) is 7. The third-order valence-electron chi connectivity index (χ3n) is 14.3. The molecule has 0 aliphatic carbocycles. The third-order valence-corrected chi connectivity index (χ3v) is 16.8. The minimum Gasteiger partial charge on any atom is -0.508 e. The van der Waals surface area contributed by atoms with Crippen LogP contribution < -0.4 is 41.5 Å². The van der Waals surface area contributed by atoms with Gasteiger partial charge in [0.2, 0.25) is 23.6 Å². The summed E-state index contributed by atoms with van der Waals surface area (Å²) >= 11 is 3.47. The van der Waals surface area contributed by atoms with Gasteiger partial charge in [-0.3, -0.25) is 24.0 Å². The van der Waals surface area contributed by atoms with Crippen LogP contribution in [0.25, 0.3) is 27.2 Å². The van der Waals surface area contributed by atoms with Gasteiger partial charge in [-0.1, -0.05) is 36.9 Å². The molecule has 0 saturated carbocycles. The number of thiophene rings is 1. The molecule has 8 rings (SSSR count). The molecule has 7 amide bonds. The largest absolute Gasteiger partial charge is 0.508 e. The molecule has 7 N–H and O–H groups in total. The number of allylic oxidation sites excluding steroid dienone is 1. The van der Waals surface area contributed by atoms with Gasteiger partial charge in [-0.2, -0.15) is 0 Å². The van der Waals surface area contributed by atoms with Crippen LogP contribution in [0.2, 0.25) is 0 Å². The number of aromatic nitrogens is 2. The average Bonchev–Trinajstić information content (AvgIpc) is 3.57. The first kappa shape index (κ1) is 62.9. The number of urea groups is 1. The van der Waals surface area contributed by atoms with E-state index in [9.17, 15) is 33.9 Å². The zero-order valence-electron chi connectivity index (χ0n) is 47.5. The number of carbonyl (C=O) groups is 6. The van der Waals surface area contributed by atoms with Gasteiger partial charge < -0.3 is 70.5 Å². The second kappa shape index (κ2) is 33.4. The summed E-state index contributed by atoms with van der Waals surface area (Å²) in [5.74, 6) is 1.83. The Morgan fingerprint density at radius 2 is 1.49 bits per heavy atom. The lowest BCUT2D eigenvalue weighted by Gasteiger charge is -2.28. The number of thioether (sulfide) groups is 1. The second-order valence-electron chi connectivity index (χ2n) is 20.5. The van der Waals surface area contributed by atoms with E-state index in [1.165, 1.54) is 0 Å². The first-order valence-corrected chi connectivity index (χ1v) is 30.9. The zero-order valence-corrected chi connectivity index (χ0v) is 49.1. The first-order valence-electron chi connectivity index (χ1n) is 29.0. The number of aromatic hydroxyl groups is 1. The van der Waals surface area contributed by atoms with Crippen molar-refractivity contribution in [2.45, 2.75) is 81.5 Å². The Kier molecular flexibility index (Phi) is 25.0. The minimum absolute atomic E-state index is 0.0327. The number of phenolic OH excluding ortho intramolecular Hbond substituents is 1. The maximum atomic E-state index is 13.9. The van der Waals surface area contributed by atoms with Gasteiger partial charge in [-0.25, -0.2) is 14.8 Å². The fraction of sp³-hybridized carbons (Fsp3) is 0.500. The van der Waals surface area contributed by atoms with E-state index >= 15 is 0 Å². The molecule has 6 heterocycles. The van der Waals surface area contributed by atoms with E-state index in [0.29, 0.717) is 160 Å². The molecule has 2 aromatic carbocycles. The summed E-state index contributed by atoms with van der Waals surface area (Å²) in [7, 11) is 0. The number of benzene rings is 2. The number of amides is 7. The van der Waals surface area contributed by atoms with Crippen molar-refractivity contribution in [1.29, 1.82) is 0 Å². The molecular weight excluding hydrogens is 1120 g/mol. The van der Waals surface area contributed by atoms with E-state index in [0.717, 1.165) is 56.7 Å². The molecule has 4 aliphatic rings. The number of ether oxygens (including phenoxy) is 5. The number of unbranched alkanes of at least 4 members (excludes halogenated alkanes) is 1. The van der Waals surface area contributed by atoms with Crippen LogP contribution >= 0.6 is 23.1 Å². The molecule has 84 heavy (non-hydrogen) atoms. The summed E-state index contributed by atoms with van der Waals surface area (Å²) in [5.41, 5.74) is 3.43. The van der Waals surface area contributed by atoms with Crippen LogP contribution in [0, 0.1) is 0 Å². The molecule has 0 radical (unpaired) electrons. The summed E-state index contributed by atoms with van der Waals surface area (Å²) < 4.78 is 29.4. The molecule has 3 unspecified atom stereocenters. The molecule has 0 bridgehead atoms. The van der Waals surface area contributed by atoms with Crippen LogP contribution in [0.3, 0.4) is 0 Å². The van der Waals surface area contributed by atoms with Crippen LogP contribution in [0.1, 0.15) is 79.4 Å². The number of carbonyl (C=O) groups excluding carboxylic acids is 6. The van der Waals surface area contributed by atoms with E-state index < -0.39 is 5.91 Å². The van der Waals surface area contributed by atoms with Crippen molar-refractivity contribution in [2.24, 2.45) is 0 Å². The zero-order chi connectivity index (χ0) is 58.9. The predicted molar refractivity (Wildman–Crippen MR) is 324 cm³/mol. The highest BCUT2D eigenvalue weighted by molar-refractivity contribution is 8.00. The summed E-state index contributed by atoms with van der Waals surface area (Å²) in [6, 6.07) is 14.2. The summed E-state index contributed by atoms with van der Waals surface area (Å²) in [6.07, 6.45) is 12.8. The van der Waals surface area contributed by atoms with Crippen molar-refractivity contribution < 1.29 is 57.6 Å². The lowest BCUT2D eigenvalue weighted by molar-refractivity contribution is -0.123. The highest BCUT2D eigenvalue weighted by Crippen LogP contribution is 2.39. The van der Waals surface area contributed by atoms with Gasteiger partial charge in [-0.05, 0) is 93.0 Å². The van der Waals surface area contributed by atoms with Crippen LogP contribution in [0.15, 0.2) is 79.4 Å². The number of hydrogen-bond acceptors (Lipinski definition) is 17. The number of phenols is 1. The number of rotatable bonds is 34. The van der Waals surface area contributed by atoms with Gasteiger partial charge in [0.05, 0.1) is 74.2 Å². The second-order valence-corrected chi connectivity index (χ2v) is 22.8. The highest BCUT2D eigenvalue weighted by atomic mass is 32.2. The number of nitrogens with zero attached hydrogens (tertiary/aromatic N) is 4. The van der Waals surface area contributed by atoms with Crippen molar-refractivity contribution in [3.8, 4) is 22.9 Å². The number of anilines is 2. The Labute approximate surface area is 498 Å². The lowest BCUT2D eigenvalue weighted by Crippen LogP contribution is -2.36. The molecule has 452 valence electrons. The molecule has 4 aliphatic heterocycles.